The van der Waals surface area contributed by atoms with Crippen LogP contribution in [0, 0.1) is 0 Å². The molecule has 0 spiro atoms. The fourth-order valence-electron chi connectivity index (χ4n) is 2.38. The van der Waals surface area contributed by atoms with Gasteiger partial charge in [0.25, 0.3) is 0 Å². The first kappa shape index (κ1) is 20.2. The monoisotopic (exact) mass is 298 g/mol. The van der Waals surface area contributed by atoms with Gasteiger partial charge in [0.1, 0.15) is 0 Å². The Labute approximate surface area is 130 Å². The van der Waals surface area contributed by atoms with Crippen LogP contribution in [0.5, 0.6) is 0 Å². The number of carboxylic acid groups (broad SMARTS) is 1. The van der Waals surface area contributed by atoms with Crippen LogP contribution < -0.4 is 0 Å². The summed E-state index contributed by atoms with van der Waals surface area (Å²) in [5, 5.41) is 18.3. The van der Waals surface area contributed by atoms with E-state index in [4.69, 9.17) is 5.11 Å². The molecule has 0 aromatic heterocycles. The Morgan fingerprint density at radius 2 is 1.57 bits per heavy atom. The van der Waals surface area contributed by atoms with Crippen molar-refractivity contribution in [3.63, 3.8) is 0 Å². The van der Waals surface area contributed by atoms with Gasteiger partial charge in [-0.1, -0.05) is 70.4 Å². The average molecular weight is 298 g/mol. The van der Waals surface area contributed by atoms with Gasteiger partial charge in [0, 0.05) is 6.42 Å². The van der Waals surface area contributed by atoms with Crippen molar-refractivity contribution in [2.75, 3.05) is 0 Å². The highest BCUT2D eigenvalue weighted by Crippen LogP contribution is 2.11. The van der Waals surface area contributed by atoms with Gasteiger partial charge < -0.3 is 10.2 Å². The SMILES string of the molecule is CCCCCC/C=C\[C@H](O)CCCCCCCCC(=O)O. The lowest BCUT2D eigenvalue weighted by Crippen LogP contribution is -2.01. The first-order valence-corrected chi connectivity index (χ1v) is 8.73. The molecule has 21 heavy (non-hydrogen) atoms. The van der Waals surface area contributed by atoms with E-state index in [-0.39, 0.29) is 6.10 Å². The first-order chi connectivity index (χ1) is 10.2. The Balaban J connectivity index is 3.27. The van der Waals surface area contributed by atoms with Crippen LogP contribution in [0.1, 0.15) is 90.4 Å². The molecule has 3 nitrogen and oxygen atoms in total. The summed E-state index contributed by atoms with van der Waals surface area (Å²) in [6.45, 7) is 2.21. The smallest absolute Gasteiger partial charge is 0.303 e. The van der Waals surface area contributed by atoms with Crippen LogP contribution in [-0.2, 0) is 4.79 Å². The van der Waals surface area contributed by atoms with E-state index in [2.05, 4.69) is 13.0 Å². The zero-order chi connectivity index (χ0) is 15.8. The Kier molecular flexibility index (Phi) is 14.9. The molecule has 0 bridgehead atoms. The summed E-state index contributed by atoms with van der Waals surface area (Å²) >= 11 is 0. The van der Waals surface area contributed by atoms with Crippen LogP contribution in [0.3, 0.4) is 0 Å². The number of hydrogen-bond donors (Lipinski definition) is 2. The molecule has 124 valence electrons. The number of allylic oxidation sites excluding steroid dienone is 1. The highest BCUT2D eigenvalue weighted by molar-refractivity contribution is 5.66. The summed E-state index contributed by atoms with van der Waals surface area (Å²) in [6.07, 6.45) is 17.3. The van der Waals surface area contributed by atoms with E-state index in [1.807, 2.05) is 6.08 Å². The van der Waals surface area contributed by atoms with Gasteiger partial charge >= 0.3 is 5.97 Å². The van der Waals surface area contributed by atoms with Gasteiger partial charge in [0.15, 0.2) is 0 Å². The van der Waals surface area contributed by atoms with Crippen LogP contribution in [0.25, 0.3) is 0 Å². The molecule has 1 atom stereocenters. The quantitative estimate of drug-likeness (QED) is 0.327. The minimum atomic E-state index is -0.695. The third kappa shape index (κ3) is 17.1. The maximum atomic E-state index is 10.3. The molecule has 0 radical (unpaired) electrons. The van der Waals surface area contributed by atoms with Gasteiger partial charge in [-0.15, -0.1) is 0 Å². The van der Waals surface area contributed by atoms with Crippen molar-refractivity contribution in [2.24, 2.45) is 0 Å². The molecule has 0 rings (SSSR count). The van der Waals surface area contributed by atoms with Crippen molar-refractivity contribution in [1.29, 1.82) is 0 Å². The van der Waals surface area contributed by atoms with Crippen molar-refractivity contribution in [2.45, 2.75) is 96.5 Å². The number of hydrogen-bond acceptors (Lipinski definition) is 2. The van der Waals surface area contributed by atoms with Crippen molar-refractivity contribution < 1.29 is 15.0 Å². The molecule has 3 heteroatoms. The largest absolute Gasteiger partial charge is 0.481 e. The van der Waals surface area contributed by atoms with Crippen molar-refractivity contribution >= 4 is 5.97 Å². The molecule has 0 fully saturated rings. The number of unbranched alkanes of at least 4 members (excludes halogenated alkanes) is 9. The van der Waals surface area contributed by atoms with E-state index in [1.165, 1.54) is 25.7 Å². The summed E-state index contributed by atoms with van der Waals surface area (Å²) in [5.41, 5.74) is 0. The number of aliphatic carboxylic acids is 1. The maximum Gasteiger partial charge on any atom is 0.303 e. The minimum Gasteiger partial charge on any atom is -0.481 e. The topological polar surface area (TPSA) is 57.5 Å². The van der Waals surface area contributed by atoms with E-state index in [1.54, 1.807) is 0 Å². The maximum absolute atomic E-state index is 10.3. The zero-order valence-electron chi connectivity index (χ0n) is 13.7. The second-order valence-corrected chi connectivity index (χ2v) is 5.90. The number of aliphatic hydroxyl groups is 1. The van der Waals surface area contributed by atoms with E-state index in [9.17, 15) is 9.90 Å². The highest BCUT2D eigenvalue weighted by atomic mass is 16.4. The van der Waals surface area contributed by atoms with Gasteiger partial charge in [0.2, 0.25) is 0 Å². The number of carbonyl (C=O) groups is 1. The zero-order valence-corrected chi connectivity index (χ0v) is 13.7. The molecule has 0 saturated heterocycles. The van der Waals surface area contributed by atoms with E-state index >= 15 is 0 Å². The van der Waals surface area contributed by atoms with Crippen molar-refractivity contribution in [3.8, 4) is 0 Å². The second-order valence-electron chi connectivity index (χ2n) is 5.90. The van der Waals surface area contributed by atoms with Gasteiger partial charge in [-0.25, -0.2) is 0 Å². The molecule has 0 unspecified atom stereocenters. The van der Waals surface area contributed by atoms with Crippen LogP contribution in [0.15, 0.2) is 12.2 Å². The van der Waals surface area contributed by atoms with E-state index in [0.29, 0.717) is 6.42 Å². The highest BCUT2D eigenvalue weighted by Gasteiger charge is 2.00. The lowest BCUT2D eigenvalue weighted by atomic mass is 10.1. The molecular weight excluding hydrogens is 264 g/mol. The summed E-state index contributed by atoms with van der Waals surface area (Å²) in [5.74, 6) is -0.695. The summed E-state index contributed by atoms with van der Waals surface area (Å²) in [4.78, 5) is 10.3. The van der Waals surface area contributed by atoms with Crippen LogP contribution in [0.4, 0.5) is 0 Å². The lowest BCUT2D eigenvalue weighted by Gasteiger charge is -2.05. The summed E-state index contributed by atoms with van der Waals surface area (Å²) in [6, 6.07) is 0. The molecule has 0 aromatic carbocycles. The molecule has 0 aliphatic rings. The minimum absolute atomic E-state index is 0.289. The molecular formula is C18H34O3. The van der Waals surface area contributed by atoms with E-state index < -0.39 is 5.97 Å². The number of rotatable bonds is 15. The summed E-state index contributed by atoms with van der Waals surface area (Å²) < 4.78 is 0. The molecule has 0 amide bonds. The molecule has 0 aliphatic heterocycles. The van der Waals surface area contributed by atoms with Crippen LogP contribution >= 0.6 is 0 Å². The molecule has 0 saturated carbocycles. The van der Waals surface area contributed by atoms with Crippen molar-refractivity contribution in [1.82, 2.24) is 0 Å². The molecule has 0 aromatic rings. The average Bonchev–Trinajstić information content (AvgIpc) is 2.45. The molecule has 0 aliphatic carbocycles. The fourth-order valence-corrected chi connectivity index (χ4v) is 2.38. The predicted octanol–water partition coefficient (Wildman–Crippen LogP) is 5.08. The van der Waals surface area contributed by atoms with Crippen LogP contribution in [0.2, 0.25) is 0 Å². The Bertz CT molecular complexity index is 261. The molecule has 2 N–H and O–H groups in total. The summed E-state index contributed by atoms with van der Waals surface area (Å²) in [7, 11) is 0. The second kappa shape index (κ2) is 15.6. The number of carboxylic acids is 1. The third-order valence-corrected chi connectivity index (χ3v) is 3.72. The van der Waals surface area contributed by atoms with Gasteiger partial charge in [-0.3, -0.25) is 4.79 Å². The number of aliphatic hydroxyl groups excluding tert-OH is 1. The van der Waals surface area contributed by atoms with Crippen LogP contribution in [-0.4, -0.2) is 22.3 Å². The third-order valence-electron chi connectivity index (χ3n) is 3.72. The fraction of sp³-hybridized carbons (Fsp3) is 0.833. The van der Waals surface area contributed by atoms with Gasteiger partial charge in [-0.2, -0.15) is 0 Å². The first-order valence-electron chi connectivity index (χ1n) is 8.73. The Morgan fingerprint density at radius 1 is 0.952 bits per heavy atom. The Morgan fingerprint density at radius 3 is 2.24 bits per heavy atom. The van der Waals surface area contributed by atoms with Gasteiger partial charge in [-0.05, 0) is 25.7 Å². The van der Waals surface area contributed by atoms with Gasteiger partial charge in [0.05, 0.1) is 6.10 Å². The molecule has 0 heterocycles. The lowest BCUT2D eigenvalue weighted by molar-refractivity contribution is -0.137. The Hall–Kier alpha value is -0.830. The predicted molar refractivity (Wildman–Crippen MR) is 88.5 cm³/mol. The van der Waals surface area contributed by atoms with E-state index in [0.717, 1.165) is 51.4 Å². The normalized spacial score (nSPS) is 12.9. The standard InChI is InChI=1S/C18H34O3/c1-2-3-4-5-8-11-14-17(19)15-12-9-6-7-10-13-16-18(20)21/h11,14,17,19H,2-10,12-13,15-16H2,1H3,(H,20,21)/b14-11-/t17-/m0/s1. The van der Waals surface area contributed by atoms with Crippen molar-refractivity contribution in [3.05, 3.63) is 12.2 Å².